The third kappa shape index (κ3) is 5.80. The molecular formula is C24H22F3N5O2. The summed E-state index contributed by atoms with van der Waals surface area (Å²) in [6.45, 7) is 2.76. The van der Waals surface area contributed by atoms with Gasteiger partial charge < -0.3 is 9.42 Å². The Kier molecular flexibility index (Phi) is 6.93. The molecule has 0 atom stereocenters. The number of aromatic nitrogens is 2. The molecule has 7 nitrogen and oxygen atoms in total. The van der Waals surface area contributed by atoms with Crippen LogP contribution in [0.25, 0.3) is 11.4 Å². The zero-order chi connectivity index (χ0) is 24.1. The molecule has 4 rings (SSSR count). The summed E-state index contributed by atoms with van der Waals surface area (Å²) in [5.41, 5.74) is 1.08. The highest BCUT2D eigenvalue weighted by atomic mass is 19.4. The Balaban J connectivity index is 1.26. The van der Waals surface area contributed by atoms with Gasteiger partial charge in [0.15, 0.2) is 0 Å². The quantitative estimate of drug-likeness (QED) is 0.544. The van der Waals surface area contributed by atoms with E-state index < -0.39 is 11.7 Å². The molecule has 0 radical (unpaired) electrons. The predicted molar refractivity (Wildman–Crippen MR) is 116 cm³/mol. The van der Waals surface area contributed by atoms with Crippen molar-refractivity contribution in [2.75, 3.05) is 26.2 Å². The first-order valence-electron chi connectivity index (χ1n) is 10.8. The van der Waals surface area contributed by atoms with Crippen molar-refractivity contribution < 1.29 is 22.5 Å². The molecule has 3 aromatic rings. The van der Waals surface area contributed by atoms with Crippen molar-refractivity contribution in [3.8, 4) is 17.5 Å². The molecule has 10 heteroatoms. The summed E-state index contributed by atoms with van der Waals surface area (Å²) >= 11 is 0. The Bertz CT molecular complexity index is 1180. The summed E-state index contributed by atoms with van der Waals surface area (Å²) < 4.78 is 44.1. The molecule has 0 spiro atoms. The molecule has 0 bridgehead atoms. The standard InChI is InChI=1S/C24H22F3N5O2/c25-24(26,27)20-3-1-2-19(14-20)23-29-21(34-30-23)16-31-10-12-32(13-11-31)22(33)9-8-17-4-6-18(15-28)7-5-17/h1-7,14H,8-13,16H2. The van der Waals surface area contributed by atoms with Gasteiger partial charge in [0.2, 0.25) is 17.6 Å². The largest absolute Gasteiger partial charge is 0.416 e. The van der Waals surface area contributed by atoms with Crippen molar-refractivity contribution in [1.29, 1.82) is 5.26 Å². The van der Waals surface area contributed by atoms with E-state index in [9.17, 15) is 18.0 Å². The van der Waals surface area contributed by atoms with Gasteiger partial charge in [-0.25, -0.2) is 0 Å². The number of aryl methyl sites for hydroxylation is 1. The van der Waals surface area contributed by atoms with E-state index >= 15 is 0 Å². The second-order valence-corrected chi connectivity index (χ2v) is 8.06. The van der Waals surface area contributed by atoms with E-state index in [-0.39, 0.29) is 17.3 Å². The van der Waals surface area contributed by atoms with E-state index in [2.05, 4.69) is 21.1 Å². The van der Waals surface area contributed by atoms with Crippen LogP contribution in [0.2, 0.25) is 0 Å². The number of alkyl halides is 3. The highest BCUT2D eigenvalue weighted by molar-refractivity contribution is 5.76. The lowest BCUT2D eigenvalue weighted by molar-refractivity contribution is -0.137. The average molecular weight is 469 g/mol. The number of piperazine rings is 1. The van der Waals surface area contributed by atoms with E-state index in [4.69, 9.17) is 9.78 Å². The van der Waals surface area contributed by atoms with E-state index in [1.807, 2.05) is 17.0 Å². The number of hydrogen-bond acceptors (Lipinski definition) is 6. The molecule has 1 saturated heterocycles. The fraction of sp³-hybridized carbons (Fsp3) is 0.333. The van der Waals surface area contributed by atoms with Crippen molar-refractivity contribution >= 4 is 5.91 Å². The van der Waals surface area contributed by atoms with Crippen LogP contribution in [0.1, 0.15) is 29.0 Å². The van der Waals surface area contributed by atoms with E-state index in [1.54, 1.807) is 12.1 Å². The van der Waals surface area contributed by atoms with Crippen molar-refractivity contribution in [1.82, 2.24) is 19.9 Å². The molecular weight excluding hydrogens is 447 g/mol. The first kappa shape index (κ1) is 23.4. The molecule has 1 amide bonds. The fourth-order valence-corrected chi connectivity index (χ4v) is 3.77. The summed E-state index contributed by atoms with van der Waals surface area (Å²) in [5, 5.41) is 12.7. The number of halogens is 3. The molecule has 176 valence electrons. The zero-order valence-electron chi connectivity index (χ0n) is 18.3. The van der Waals surface area contributed by atoms with E-state index in [0.717, 1.165) is 17.7 Å². The van der Waals surface area contributed by atoms with Crippen molar-refractivity contribution in [3.05, 3.63) is 71.1 Å². The topological polar surface area (TPSA) is 86.3 Å². The third-order valence-corrected chi connectivity index (χ3v) is 5.71. The minimum Gasteiger partial charge on any atom is -0.340 e. The Labute approximate surface area is 194 Å². The number of carbonyl (C=O) groups excluding carboxylic acids is 1. The molecule has 1 fully saturated rings. The molecule has 0 saturated carbocycles. The van der Waals surface area contributed by atoms with Gasteiger partial charge in [0.25, 0.3) is 0 Å². The van der Waals surface area contributed by atoms with Gasteiger partial charge >= 0.3 is 6.18 Å². The summed E-state index contributed by atoms with van der Waals surface area (Å²) in [5.74, 6) is 0.499. The molecule has 0 N–H and O–H groups in total. The van der Waals surface area contributed by atoms with Crippen LogP contribution >= 0.6 is 0 Å². The summed E-state index contributed by atoms with van der Waals surface area (Å²) in [6.07, 6.45) is -3.43. The molecule has 1 aromatic heterocycles. The number of amides is 1. The number of hydrogen-bond donors (Lipinski definition) is 0. The molecule has 1 aliphatic rings. The fourth-order valence-electron chi connectivity index (χ4n) is 3.77. The molecule has 0 aliphatic carbocycles. The average Bonchev–Trinajstić information content (AvgIpc) is 3.31. The smallest absolute Gasteiger partial charge is 0.340 e. The second-order valence-electron chi connectivity index (χ2n) is 8.06. The monoisotopic (exact) mass is 469 g/mol. The van der Waals surface area contributed by atoms with Crippen LogP contribution in [0.5, 0.6) is 0 Å². The summed E-state index contributed by atoms with van der Waals surface area (Å²) in [7, 11) is 0. The number of nitriles is 1. The van der Waals surface area contributed by atoms with Crippen LogP contribution in [0.15, 0.2) is 53.1 Å². The Morgan fingerprint density at radius 1 is 1.09 bits per heavy atom. The number of nitrogens with zero attached hydrogens (tertiary/aromatic N) is 5. The highest BCUT2D eigenvalue weighted by Crippen LogP contribution is 2.31. The normalized spacial score (nSPS) is 14.7. The van der Waals surface area contributed by atoms with Crippen molar-refractivity contribution in [2.24, 2.45) is 0 Å². The van der Waals surface area contributed by atoms with Gasteiger partial charge in [-0.05, 0) is 36.2 Å². The summed E-state index contributed by atoms with van der Waals surface area (Å²) in [6, 6.07) is 14.1. The minimum absolute atomic E-state index is 0.0774. The van der Waals surface area contributed by atoms with Crippen LogP contribution < -0.4 is 0 Å². The molecule has 2 aromatic carbocycles. The maximum atomic E-state index is 12.9. The summed E-state index contributed by atoms with van der Waals surface area (Å²) in [4.78, 5) is 20.7. The lowest BCUT2D eigenvalue weighted by Gasteiger charge is -2.34. The van der Waals surface area contributed by atoms with Crippen molar-refractivity contribution in [3.63, 3.8) is 0 Å². The Morgan fingerprint density at radius 2 is 1.82 bits per heavy atom. The van der Waals surface area contributed by atoms with Gasteiger partial charge in [-0.1, -0.05) is 29.4 Å². The molecule has 2 heterocycles. The maximum Gasteiger partial charge on any atom is 0.416 e. The van der Waals surface area contributed by atoms with Crippen LogP contribution in [0.3, 0.4) is 0 Å². The van der Waals surface area contributed by atoms with Crippen LogP contribution in [0.4, 0.5) is 13.2 Å². The minimum atomic E-state index is -4.44. The van der Waals surface area contributed by atoms with Gasteiger partial charge in [-0.15, -0.1) is 0 Å². The first-order chi connectivity index (χ1) is 16.3. The van der Waals surface area contributed by atoms with Crippen molar-refractivity contribution in [2.45, 2.75) is 25.6 Å². The Morgan fingerprint density at radius 3 is 2.50 bits per heavy atom. The van der Waals surface area contributed by atoms with Gasteiger partial charge in [0.05, 0.1) is 23.7 Å². The zero-order valence-corrected chi connectivity index (χ0v) is 18.3. The predicted octanol–water partition coefficient (Wildman–Crippen LogP) is 3.90. The highest BCUT2D eigenvalue weighted by Gasteiger charge is 2.31. The first-order valence-corrected chi connectivity index (χ1v) is 10.8. The van der Waals surface area contributed by atoms with Crippen LogP contribution in [-0.4, -0.2) is 52.0 Å². The van der Waals surface area contributed by atoms with Gasteiger partial charge in [-0.2, -0.15) is 23.4 Å². The van der Waals surface area contributed by atoms with Gasteiger partial charge in [-0.3, -0.25) is 9.69 Å². The van der Waals surface area contributed by atoms with E-state index in [1.165, 1.54) is 12.1 Å². The number of rotatable bonds is 6. The van der Waals surface area contributed by atoms with Gasteiger partial charge in [0.1, 0.15) is 0 Å². The maximum absolute atomic E-state index is 12.9. The molecule has 1 aliphatic heterocycles. The van der Waals surface area contributed by atoms with Crippen LogP contribution in [-0.2, 0) is 23.9 Å². The lowest BCUT2D eigenvalue weighted by atomic mass is 10.1. The van der Waals surface area contributed by atoms with Gasteiger partial charge in [0, 0.05) is 38.2 Å². The Hall–Kier alpha value is -3.71. The number of carbonyl (C=O) groups is 1. The third-order valence-electron chi connectivity index (χ3n) is 5.71. The van der Waals surface area contributed by atoms with Crippen LogP contribution in [0, 0.1) is 11.3 Å². The molecule has 34 heavy (non-hydrogen) atoms. The SMILES string of the molecule is N#Cc1ccc(CCC(=O)N2CCN(Cc3nc(-c4cccc(C(F)(F)F)c4)no3)CC2)cc1. The lowest BCUT2D eigenvalue weighted by Crippen LogP contribution is -2.48. The van der Waals surface area contributed by atoms with E-state index in [0.29, 0.717) is 57.0 Å². The number of benzene rings is 2. The molecule has 0 unspecified atom stereocenters. The second kappa shape index (κ2) is 10.1.